The Labute approximate surface area is 204 Å². The summed E-state index contributed by atoms with van der Waals surface area (Å²) in [6.07, 6.45) is 11.1. The van der Waals surface area contributed by atoms with Crippen molar-refractivity contribution < 1.29 is 47.1 Å². The molecule has 1 aromatic rings. The smallest absolute Gasteiger partial charge is 0.306 e. The van der Waals surface area contributed by atoms with Crippen molar-refractivity contribution in [2.75, 3.05) is 7.11 Å². The summed E-state index contributed by atoms with van der Waals surface area (Å²) in [5, 5.41) is 43.3. The minimum absolute atomic E-state index is 0. The van der Waals surface area contributed by atoms with E-state index < -0.39 is 0 Å². The van der Waals surface area contributed by atoms with Crippen molar-refractivity contribution in [3.8, 4) is 0 Å². The summed E-state index contributed by atoms with van der Waals surface area (Å²) in [5.41, 5.74) is 1.25. The third-order valence-electron chi connectivity index (χ3n) is 3.92. The van der Waals surface area contributed by atoms with Gasteiger partial charge in [0, 0.05) is 35.1 Å². The van der Waals surface area contributed by atoms with Gasteiger partial charge < -0.3 is 31.6 Å². The van der Waals surface area contributed by atoms with E-state index >= 15 is 0 Å². The Morgan fingerprint density at radius 1 is 0.879 bits per heavy atom. The third kappa shape index (κ3) is 19.2. The van der Waals surface area contributed by atoms with Crippen LogP contribution in [0, 0.1) is 12.0 Å². The van der Waals surface area contributed by atoms with Crippen molar-refractivity contribution in [1.29, 1.82) is 0 Å². The topological polar surface area (TPSA) is 170 Å². The molecule has 0 bridgehead atoms. The molecular formula is C21H32CoN5O6-. The minimum atomic E-state index is -0.0967. The van der Waals surface area contributed by atoms with Crippen LogP contribution in [0.2, 0.25) is 0 Å². The number of hydrogen-bond acceptors (Lipinski definition) is 11. The predicted octanol–water partition coefficient (Wildman–Crippen LogP) is 3.77. The summed E-state index contributed by atoms with van der Waals surface area (Å²) in [6.45, 7) is 6.15. The van der Waals surface area contributed by atoms with Gasteiger partial charge in [0.2, 0.25) is 0 Å². The first-order valence-corrected chi connectivity index (χ1v) is 9.52. The van der Waals surface area contributed by atoms with Crippen molar-refractivity contribution in [3.63, 3.8) is 0 Å². The van der Waals surface area contributed by atoms with Crippen LogP contribution in [0.4, 0.5) is 0 Å². The normalized spacial score (nSPS) is 15.7. The maximum absolute atomic E-state index is 10.9. The first-order chi connectivity index (χ1) is 15.3. The molecule has 0 saturated carbocycles. The van der Waals surface area contributed by atoms with Gasteiger partial charge in [-0.15, -0.1) is 0 Å². The molecular weight excluding hydrogens is 477 g/mol. The zero-order valence-electron chi connectivity index (χ0n) is 19.3. The number of carbonyl (C=O) groups excluding carboxylic acids is 1. The van der Waals surface area contributed by atoms with Crippen LogP contribution in [0.1, 0.15) is 47.0 Å². The molecule has 4 N–H and O–H groups in total. The summed E-state index contributed by atoms with van der Waals surface area (Å²) in [4.78, 5) is 14.7. The first kappa shape index (κ1) is 34.4. The Kier molecular flexibility index (Phi) is 24.4. The number of ether oxygens (including phenoxy) is 1. The van der Waals surface area contributed by atoms with Gasteiger partial charge in [-0.1, -0.05) is 33.1 Å². The number of oxime groups is 4. The number of carbonyl (C=O) groups is 1. The maximum atomic E-state index is 10.9. The van der Waals surface area contributed by atoms with Crippen LogP contribution in [0.25, 0.3) is 0 Å². The zero-order chi connectivity index (χ0) is 24.8. The molecule has 0 saturated heterocycles. The van der Waals surface area contributed by atoms with Crippen molar-refractivity contribution in [2.24, 2.45) is 26.5 Å². The summed E-state index contributed by atoms with van der Waals surface area (Å²) >= 11 is 0. The van der Waals surface area contributed by atoms with Crippen LogP contribution in [0.15, 0.2) is 57.3 Å². The van der Waals surface area contributed by atoms with E-state index in [1.807, 2.05) is 24.3 Å². The molecule has 11 nitrogen and oxygen atoms in total. The summed E-state index contributed by atoms with van der Waals surface area (Å²) < 4.78 is 4.60. The number of rotatable bonds is 3. The quantitative estimate of drug-likeness (QED) is 0.158. The minimum Gasteiger partial charge on any atom is -0.500 e. The maximum Gasteiger partial charge on any atom is 0.306 e. The van der Waals surface area contributed by atoms with Gasteiger partial charge in [-0.05, 0) is 46.2 Å². The number of nitrogens with zero attached hydrogens (tertiary/aromatic N) is 5. The van der Waals surface area contributed by atoms with E-state index in [0.717, 1.165) is 19.3 Å². The number of pyridine rings is 1. The molecule has 187 valence electrons. The number of hydrogen-bond donors (Lipinski definition) is 4. The number of allylic oxidation sites excluding steroid dienone is 2. The standard InChI is InChI=1S/C8H11O2.C5H5N.2C4H8N2O2.Co/c1-10-8(9)7-5-3-2-4-6-7;1-2-4-6-5-3-1;2*1-3(5-7)4(2)6-8;/h2,7H,3,5-6H2,1H3;1-5H;2*7-8H,1-2H3;/q-1;;;;/b;;2*5-3+,6-4+;. The summed E-state index contributed by atoms with van der Waals surface area (Å²) in [7, 11) is 1.43. The van der Waals surface area contributed by atoms with E-state index in [4.69, 9.17) is 20.8 Å². The number of esters is 1. The van der Waals surface area contributed by atoms with Crippen molar-refractivity contribution in [1.82, 2.24) is 4.98 Å². The third-order valence-corrected chi connectivity index (χ3v) is 3.92. The van der Waals surface area contributed by atoms with E-state index in [-0.39, 0.29) is 28.7 Å². The second kappa shape index (κ2) is 23.4. The average Bonchev–Trinajstić information content (AvgIpc) is 2.88. The zero-order valence-corrected chi connectivity index (χ0v) is 20.4. The molecule has 1 heterocycles. The van der Waals surface area contributed by atoms with E-state index in [0.29, 0.717) is 22.8 Å². The molecule has 33 heavy (non-hydrogen) atoms. The molecule has 0 fully saturated rings. The van der Waals surface area contributed by atoms with Crippen LogP contribution < -0.4 is 0 Å². The van der Waals surface area contributed by atoms with Crippen LogP contribution in [0.3, 0.4) is 0 Å². The Bertz CT molecular complexity index is 692. The second-order valence-electron chi connectivity index (χ2n) is 6.18. The Balaban J connectivity index is -0.000000365. The fourth-order valence-electron chi connectivity index (χ4n) is 1.68. The Morgan fingerprint density at radius 3 is 1.52 bits per heavy atom. The Morgan fingerprint density at radius 2 is 1.30 bits per heavy atom. The number of methoxy groups -OCH3 is 1. The molecule has 1 aliphatic rings. The molecule has 1 aromatic heterocycles. The molecule has 1 radical (unpaired) electrons. The number of aromatic nitrogens is 1. The summed E-state index contributed by atoms with van der Waals surface area (Å²) in [6, 6.07) is 5.72. The van der Waals surface area contributed by atoms with Crippen LogP contribution >= 0.6 is 0 Å². The molecule has 0 aliphatic heterocycles. The van der Waals surface area contributed by atoms with Gasteiger partial charge in [-0.3, -0.25) is 15.9 Å². The van der Waals surface area contributed by atoms with Crippen molar-refractivity contribution in [3.05, 3.63) is 42.7 Å². The Hall–Kier alpha value is -3.25. The molecule has 12 heteroatoms. The molecule has 0 spiro atoms. The molecule has 0 amide bonds. The molecule has 1 atom stereocenters. The average molecular weight is 509 g/mol. The van der Waals surface area contributed by atoms with Gasteiger partial charge in [-0.25, -0.2) is 0 Å². The van der Waals surface area contributed by atoms with Gasteiger partial charge in [0.05, 0.1) is 7.11 Å². The first-order valence-electron chi connectivity index (χ1n) is 9.52. The SMILES string of the molecule is CC(=N\O)/C(C)=N/O.CC(=N\O)/C(C)=N/O.COC(=O)C1C[C-]=CCC1.[Co].c1ccncc1. The van der Waals surface area contributed by atoms with Gasteiger partial charge in [0.1, 0.15) is 22.8 Å². The molecule has 1 aliphatic carbocycles. The van der Waals surface area contributed by atoms with Crippen LogP contribution in [-0.4, -0.2) is 61.7 Å². The monoisotopic (exact) mass is 509 g/mol. The fraction of sp³-hybridized carbons (Fsp3) is 0.429. The van der Waals surface area contributed by atoms with Gasteiger partial charge >= 0.3 is 5.97 Å². The molecule has 0 aromatic carbocycles. The van der Waals surface area contributed by atoms with E-state index in [2.05, 4.69) is 36.4 Å². The predicted molar refractivity (Wildman–Crippen MR) is 121 cm³/mol. The van der Waals surface area contributed by atoms with Crippen molar-refractivity contribution >= 4 is 28.8 Å². The van der Waals surface area contributed by atoms with Gasteiger partial charge in [0.25, 0.3) is 0 Å². The largest absolute Gasteiger partial charge is 0.500 e. The molecule has 1 unspecified atom stereocenters. The van der Waals surface area contributed by atoms with Crippen LogP contribution in [-0.2, 0) is 26.3 Å². The molecule has 2 rings (SSSR count). The summed E-state index contributed by atoms with van der Waals surface area (Å²) in [5.74, 6) is -0.0319. The van der Waals surface area contributed by atoms with Crippen LogP contribution in [0.5, 0.6) is 0 Å². The van der Waals surface area contributed by atoms with Gasteiger partial charge in [0.15, 0.2) is 0 Å². The van der Waals surface area contributed by atoms with Crippen molar-refractivity contribution in [2.45, 2.75) is 47.0 Å². The second-order valence-corrected chi connectivity index (χ2v) is 6.18. The van der Waals surface area contributed by atoms with E-state index in [9.17, 15) is 4.79 Å². The van der Waals surface area contributed by atoms with E-state index in [1.54, 1.807) is 12.4 Å². The van der Waals surface area contributed by atoms with Gasteiger partial charge in [-0.2, -0.15) is 6.42 Å². The van der Waals surface area contributed by atoms with E-state index in [1.165, 1.54) is 34.8 Å². The fourth-order valence-corrected chi connectivity index (χ4v) is 1.68.